The van der Waals surface area contributed by atoms with Gasteiger partial charge < -0.3 is 9.84 Å². The minimum absolute atomic E-state index is 0.0180. The lowest BCUT2D eigenvalue weighted by atomic mass is 10.2. The summed E-state index contributed by atoms with van der Waals surface area (Å²) in [5.74, 6) is -1.63. The first kappa shape index (κ1) is 10.8. The number of carboxylic acid groups (broad SMARTS) is 1. The Morgan fingerprint density at radius 3 is 2.43 bits per heavy atom. The number of carbonyl (C=O) groups is 2. The van der Waals surface area contributed by atoms with Crippen LogP contribution >= 0.6 is 0 Å². The van der Waals surface area contributed by atoms with Gasteiger partial charge in [-0.2, -0.15) is 0 Å². The van der Waals surface area contributed by atoms with E-state index in [1.807, 2.05) is 0 Å². The van der Waals surface area contributed by atoms with E-state index in [2.05, 4.69) is 6.58 Å². The second-order valence-electron chi connectivity index (χ2n) is 3.49. The van der Waals surface area contributed by atoms with Crippen LogP contribution in [-0.4, -0.2) is 23.1 Å². The zero-order chi connectivity index (χ0) is 10.6. The largest absolute Gasteiger partial charge is 0.481 e. The minimum atomic E-state index is -1.06. The second kappa shape index (κ2) is 4.79. The highest BCUT2D eigenvalue weighted by Crippen LogP contribution is 2.22. The van der Waals surface area contributed by atoms with E-state index in [9.17, 15) is 9.59 Å². The summed E-state index contributed by atoms with van der Waals surface area (Å²) < 4.78 is 5.07. The molecule has 4 nitrogen and oxygen atoms in total. The molecule has 0 heterocycles. The summed E-state index contributed by atoms with van der Waals surface area (Å²) in [7, 11) is 0. The molecule has 1 N–H and O–H groups in total. The molecule has 0 bridgehead atoms. The molecule has 1 saturated carbocycles. The summed E-state index contributed by atoms with van der Waals surface area (Å²) in [5.41, 5.74) is 0.0180. The lowest BCUT2D eigenvalue weighted by Crippen LogP contribution is -2.17. The van der Waals surface area contributed by atoms with Crippen LogP contribution in [-0.2, 0) is 14.3 Å². The van der Waals surface area contributed by atoms with Crippen molar-refractivity contribution in [2.75, 3.05) is 0 Å². The van der Waals surface area contributed by atoms with Crippen LogP contribution in [0, 0.1) is 0 Å². The maximum absolute atomic E-state index is 11.2. The highest BCUT2D eigenvalue weighted by molar-refractivity contribution is 5.92. The Kier molecular flexibility index (Phi) is 3.68. The molecular weight excluding hydrogens is 184 g/mol. The minimum Gasteiger partial charge on any atom is -0.481 e. The van der Waals surface area contributed by atoms with E-state index in [4.69, 9.17) is 9.84 Å². The maximum atomic E-state index is 11.2. The highest BCUT2D eigenvalue weighted by Gasteiger charge is 2.21. The predicted molar refractivity (Wildman–Crippen MR) is 49.7 cm³/mol. The van der Waals surface area contributed by atoms with Crippen LogP contribution in [0.5, 0.6) is 0 Å². The first-order valence-corrected chi connectivity index (χ1v) is 4.70. The van der Waals surface area contributed by atoms with E-state index >= 15 is 0 Å². The zero-order valence-electron chi connectivity index (χ0n) is 7.99. The third-order valence-electron chi connectivity index (χ3n) is 2.23. The molecule has 0 saturated heterocycles. The van der Waals surface area contributed by atoms with Gasteiger partial charge in [0.1, 0.15) is 6.10 Å². The Bertz CT molecular complexity index is 251. The molecule has 1 fully saturated rings. The Balaban J connectivity index is 2.33. The first-order chi connectivity index (χ1) is 6.59. The van der Waals surface area contributed by atoms with Gasteiger partial charge in [-0.15, -0.1) is 0 Å². The summed E-state index contributed by atoms with van der Waals surface area (Å²) in [5, 5.41) is 8.43. The van der Waals surface area contributed by atoms with Crippen molar-refractivity contribution in [1.29, 1.82) is 0 Å². The number of hydrogen-bond acceptors (Lipinski definition) is 3. The van der Waals surface area contributed by atoms with Crippen LogP contribution in [0.15, 0.2) is 12.2 Å². The number of aliphatic carboxylic acids is 1. The van der Waals surface area contributed by atoms with Crippen molar-refractivity contribution in [1.82, 2.24) is 0 Å². The standard InChI is InChI=1S/C10H14O4/c1-7(6-9(11)12)10(13)14-8-4-2-3-5-8/h8H,1-6H2,(H,11,12). The van der Waals surface area contributed by atoms with Crippen molar-refractivity contribution in [3.8, 4) is 0 Å². The van der Waals surface area contributed by atoms with E-state index in [-0.39, 0.29) is 18.1 Å². The van der Waals surface area contributed by atoms with Crippen LogP contribution in [0.4, 0.5) is 0 Å². The van der Waals surface area contributed by atoms with E-state index in [1.54, 1.807) is 0 Å². The van der Waals surface area contributed by atoms with Gasteiger partial charge in [-0.25, -0.2) is 4.79 Å². The second-order valence-corrected chi connectivity index (χ2v) is 3.49. The Morgan fingerprint density at radius 2 is 1.93 bits per heavy atom. The van der Waals surface area contributed by atoms with E-state index < -0.39 is 11.9 Å². The molecule has 0 aromatic carbocycles. The molecule has 0 spiro atoms. The number of carbonyl (C=O) groups excluding carboxylic acids is 1. The van der Waals surface area contributed by atoms with Crippen molar-refractivity contribution in [3.63, 3.8) is 0 Å². The van der Waals surface area contributed by atoms with Crippen molar-refractivity contribution < 1.29 is 19.4 Å². The van der Waals surface area contributed by atoms with Gasteiger partial charge in [-0.1, -0.05) is 6.58 Å². The SMILES string of the molecule is C=C(CC(=O)O)C(=O)OC1CCCC1. The fraction of sp³-hybridized carbons (Fsp3) is 0.600. The molecule has 0 amide bonds. The number of hydrogen-bond donors (Lipinski definition) is 1. The van der Waals surface area contributed by atoms with Gasteiger partial charge in [0.2, 0.25) is 0 Å². The van der Waals surface area contributed by atoms with Gasteiger partial charge in [0.15, 0.2) is 0 Å². The van der Waals surface area contributed by atoms with Gasteiger partial charge in [-0.05, 0) is 25.7 Å². The van der Waals surface area contributed by atoms with Crippen molar-refractivity contribution >= 4 is 11.9 Å². The van der Waals surface area contributed by atoms with Crippen LogP contribution in [0.3, 0.4) is 0 Å². The van der Waals surface area contributed by atoms with Crippen LogP contribution < -0.4 is 0 Å². The fourth-order valence-electron chi connectivity index (χ4n) is 1.50. The summed E-state index contributed by atoms with van der Waals surface area (Å²) >= 11 is 0. The Hall–Kier alpha value is -1.32. The first-order valence-electron chi connectivity index (χ1n) is 4.70. The molecule has 1 aliphatic rings. The van der Waals surface area contributed by atoms with E-state index in [0.29, 0.717) is 0 Å². The predicted octanol–water partition coefficient (Wildman–Crippen LogP) is 1.50. The van der Waals surface area contributed by atoms with Crippen LogP contribution in [0.2, 0.25) is 0 Å². The lowest BCUT2D eigenvalue weighted by Gasteiger charge is -2.11. The topological polar surface area (TPSA) is 63.6 Å². The third kappa shape index (κ3) is 3.20. The molecule has 1 aliphatic carbocycles. The Morgan fingerprint density at radius 1 is 1.36 bits per heavy atom. The van der Waals surface area contributed by atoms with Crippen LogP contribution in [0.25, 0.3) is 0 Å². The summed E-state index contributed by atoms with van der Waals surface area (Å²) in [4.78, 5) is 21.5. The normalized spacial score (nSPS) is 16.6. The molecule has 78 valence electrons. The molecule has 1 rings (SSSR count). The number of rotatable bonds is 4. The van der Waals surface area contributed by atoms with Gasteiger partial charge in [-0.3, -0.25) is 4.79 Å². The molecule has 4 heteroatoms. The van der Waals surface area contributed by atoms with E-state index in [0.717, 1.165) is 25.7 Å². The molecule has 0 radical (unpaired) electrons. The highest BCUT2D eigenvalue weighted by atomic mass is 16.5. The lowest BCUT2D eigenvalue weighted by molar-refractivity contribution is -0.146. The molecule has 14 heavy (non-hydrogen) atoms. The molecule has 0 atom stereocenters. The monoisotopic (exact) mass is 198 g/mol. The number of esters is 1. The van der Waals surface area contributed by atoms with Gasteiger partial charge in [0, 0.05) is 5.57 Å². The zero-order valence-corrected chi connectivity index (χ0v) is 7.99. The summed E-state index contributed by atoms with van der Waals surface area (Å²) in [6.07, 6.45) is 3.53. The van der Waals surface area contributed by atoms with Crippen molar-refractivity contribution in [2.24, 2.45) is 0 Å². The van der Waals surface area contributed by atoms with Crippen molar-refractivity contribution in [3.05, 3.63) is 12.2 Å². The Labute approximate surface area is 82.6 Å². The summed E-state index contributed by atoms with van der Waals surface area (Å²) in [6, 6.07) is 0. The van der Waals surface area contributed by atoms with Crippen molar-refractivity contribution in [2.45, 2.75) is 38.2 Å². The van der Waals surface area contributed by atoms with Gasteiger partial charge in [0.05, 0.1) is 6.42 Å². The molecular formula is C10H14O4. The molecule has 0 aliphatic heterocycles. The average Bonchev–Trinajstić information content (AvgIpc) is 2.55. The van der Waals surface area contributed by atoms with E-state index in [1.165, 1.54) is 0 Å². The average molecular weight is 198 g/mol. The fourth-order valence-corrected chi connectivity index (χ4v) is 1.50. The molecule has 0 aromatic rings. The van der Waals surface area contributed by atoms with Gasteiger partial charge in [0.25, 0.3) is 0 Å². The molecule has 0 aromatic heterocycles. The quantitative estimate of drug-likeness (QED) is 0.549. The van der Waals surface area contributed by atoms with Crippen LogP contribution in [0.1, 0.15) is 32.1 Å². The van der Waals surface area contributed by atoms with Gasteiger partial charge >= 0.3 is 11.9 Å². The molecule has 0 unspecified atom stereocenters. The number of carboxylic acids is 1. The smallest absolute Gasteiger partial charge is 0.334 e. The summed E-state index contributed by atoms with van der Waals surface area (Å²) in [6.45, 7) is 3.38. The maximum Gasteiger partial charge on any atom is 0.334 e. The number of ether oxygens (including phenoxy) is 1. The third-order valence-corrected chi connectivity index (χ3v) is 2.23.